The lowest BCUT2D eigenvalue weighted by molar-refractivity contribution is -0.176. The topological polar surface area (TPSA) is 98.7 Å². The van der Waals surface area contributed by atoms with E-state index in [0.29, 0.717) is 12.1 Å². The lowest BCUT2D eigenvalue weighted by atomic mass is 9.99. The van der Waals surface area contributed by atoms with Crippen molar-refractivity contribution in [3.8, 4) is 0 Å². The maximum Gasteiger partial charge on any atom is 0.393 e. The SMILES string of the molecule is CC(C(CN[C@H]1CCc2cccc3c2N(C1=O)[C@H](C(=O)O)C3)NC(=O)c1ccccc1)C(F)(F)F. The van der Waals surface area contributed by atoms with E-state index in [2.05, 4.69) is 10.6 Å². The second-order valence-corrected chi connectivity index (χ2v) is 8.97. The Morgan fingerprint density at radius 2 is 1.80 bits per heavy atom. The first-order valence-corrected chi connectivity index (χ1v) is 11.4. The zero-order valence-electron chi connectivity index (χ0n) is 19.0. The number of nitrogens with one attached hydrogen (secondary N) is 2. The van der Waals surface area contributed by atoms with E-state index in [1.807, 2.05) is 12.1 Å². The summed E-state index contributed by atoms with van der Waals surface area (Å²) in [6.45, 7) is 0.667. The van der Waals surface area contributed by atoms with Crippen LogP contribution >= 0.6 is 0 Å². The fourth-order valence-electron chi connectivity index (χ4n) is 4.71. The van der Waals surface area contributed by atoms with Gasteiger partial charge >= 0.3 is 12.1 Å². The van der Waals surface area contributed by atoms with Crippen LogP contribution in [0, 0.1) is 5.92 Å². The van der Waals surface area contributed by atoms with Crippen LogP contribution < -0.4 is 15.5 Å². The molecule has 186 valence electrons. The average molecular weight is 489 g/mol. The van der Waals surface area contributed by atoms with Gasteiger partial charge in [0.2, 0.25) is 5.91 Å². The maximum atomic E-state index is 13.6. The molecule has 7 nitrogen and oxygen atoms in total. The van der Waals surface area contributed by atoms with Crippen molar-refractivity contribution in [3.63, 3.8) is 0 Å². The first kappa shape index (κ1) is 24.7. The highest BCUT2D eigenvalue weighted by atomic mass is 19.4. The van der Waals surface area contributed by atoms with Gasteiger partial charge in [0.05, 0.1) is 23.7 Å². The van der Waals surface area contributed by atoms with Gasteiger partial charge in [-0.1, -0.05) is 43.3 Å². The van der Waals surface area contributed by atoms with Gasteiger partial charge in [-0.05, 0) is 36.1 Å². The smallest absolute Gasteiger partial charge is 0.393 e. The molecule has 0 fully saturated rings. The van der Waals surface area contributed by atoms with Crippen molar-refractivity contribution in [2.45, 2.75) is 50.5 Å². The number of alkyl halides is 3. The van der Waals surface area contributed by atoms with E-state index in [9.17, 15) is 32.7 Å². The molecule has 0 aliphatic carbocycles. The summed E-state index contributed by atoms with van der Waals surface area (Å²) in [4.78, 5) is 39.1. The number of halogens is 3. The molecule has 0 saturated heterocycles. The van der Waals surface area contributed by atoms with Crippen LogP contribution in [0.4, 0.5) is 18.9 Å². The molecule has 4 rings (SSSR count). The summed E-state index contributed by atoms with van der Waals surface area (Å²) in [7, 11) is 0. The third-order valence-electron chi connectivity index (χ3n) is 6.75. The summed E-state index contributed by atoms with van der Waals surface area (Å²) < 4.78 is 40.7. The number of hydrogen-bond donors (Lipinski definition) is 3. The summed E-state index contributed by atoms with van der Waals surface area (Å²) in [6.07, 6.45) is -3.64. The number of hydrogen-bond acceptors (Lipinski definition) is 4. The van der Waals surface area contributed by atoms with E-state index in [1.165, 1.54) is 17.0 Å². The number of carboxylic acid groups (broad SMARTS) is 1. The third-order valence-corrected chi connectivity index (χ3v) is 6.75. The minimum Gasteiger partial charge on any atom is -0.480 e. The van der Waals surface area contributed by atoms with Crippen LogP contribution in [0.25, 0.3) is 0 Å². The molecule has 0 aromatic heterocycles. The predicted molar refractivity (Wildman–Crippen MR) is 122 cm³/mol. The van der Waals surface area contributed by atoms with Gasteiger partial charge in [-0.25, -0.2) is 4.79 Å². The van der Waals surface area contributed by atoms with E-state index < -0.39 is 48.0 Å². The molecule has 3 N–H and O–H groups in total. The van der Waals surface area contributed by atoms with Gasteiger partial charge in [0, 0.05) is 18.5 Å². The number of para-hydroxylation sites is 1. The van der Waals surface area contributed by atoms with Crippen molar-refractivity contribution >= 4 is 23.5 Å². The second-order valence-electron chi connectivity index (χ2n) is 8.97. The second kappa shape index (κ2) is 9.69. The molecule has 4 atom stereocenters. The lowest BCUT2D eigenvalue weighted by Crippen LogP contribution is -2.56. The van der Waals surface area contributed by atoms with Crippen molar-refractivity contribution in [1.29, 1.82) is 0 Å². The Bertz CT molecular complexity index is 1120. The molecular weight excluding hydrogens is 463 g/mol. The summed E-state index contributed by atoms with van der Waals surface area (Å²) in [5.41, 5.74) is 2.41. The molecule has 2 aliphatic rings. The zero-order valence-corrected chi connectivity index (χ0v) is 19.0. The van der Waals surface area contributed by atoms with Crippen LogP contribution in [0.2, 0.25) is 0 Å². The van der Waals surface area contributed by atoms with E-state index in [-0.39, 0.29) is 24.9 Å². The Balaban J connectivity index is 1.54. The molecule has 2 aromatic carbocycles. The summed E-state index contributed by atoms with van der Waals surface area (Å²) in [5, 5.41) is 15.1. The number of aryl methyl sites for hydroxylation is 1. The van der Waals surface area contributed by atoms with Gasteiger partial charge in [-0.3, -0.25) is 14.5 Å². The van der Waals surface area contributed by atoms with Gasteiger partial charge in [0.15, 0.2) is 0 Å². The number of carboxylic acids is 1. The standard InChI is InChI=1S/C25H26F3N3O4/c1-14(25(26,27)28)19(30-22(32)16-6-3-2-4-7-16)13-29-18-11-10-15-8-5-9-17-12-20(24(34)35)31(21(15)17)23(18)33/h2-9,14,18-20,29H,10-13H2,1H3,(H,30,32)(H,34,35)/t14?,18-,19?,20-/m0/s1. The highest BCUT2D eigenvalue weighted by molar-refractivity contribution is 6.05. The summed E-state index contributed by atoms with van der Waals surface area (Å²) in [6, 6.07) is 10.0. The Morgan fingerprint density at radius 3 is 2.46 bits per heavy atom. The van der Waals surface area contributed by atoms with Crippen LogP contribution in [0.15, 0.2) is 48.5 Å². The largest absolute Gasteiger partial charge is 0.480 e. The van der Waals surface area contributed by atoms with E-state index >= 15 is 0 Å². The summed E-state index contributed by atoms with van der Waals surface area (Å²) in [5.74, 6) is -4.16. The number of anilines is 1. The van der Waals surface area contributed by atoms with Crippen LogP contribution in [0.5, 0.6) is 0 Å². The molecule has 2 aliphatic heterocycles. The molecule has 35 heavy (non-hydrogen) atoms. The Kier molecular flexibility index (Phi) is 6.84. The minimum atomic E-state index is -4.57. The molecule has 0 radical (unpaired) electrons. The molecule has 0 bridgehead atoms. The molecule has 2 heterocycles. The fraction of sp³-hybridized carbons (Fsp3) is 0.400. The molecule has 0 saturated carbocycles. The van der Waals surface area contributed by atoms with Crippen molar-refractivity contribution in [1.82, 2.24) is 10.6 Å². The monoisotopic (exact) mass is 489 g/mol. The number of rotatable bonds is 7. The Labute approximate surface area is 200 Å². The molecule has 0 spiro atoms. The fourth-order valence-corrected chi connectivity index (χ4v) is 4.71. The van der Waals surface area contributed by atoms with Crippen LogP contribution in [-0.2, 0) is 22.4 Å². The quantitative estimate of drug-likeness (QED) is 0.556. The van der Waals surface area contributed by atoms with E-state index in [4.69, 9.17) is 0 Å². The summed E-state index contributed by atoms with van der Waals surface area (Å²) >= 11 is 0. The van der Waals surface area contributed by atoms with E-state index in [1.54, 1.807) is 24.3 Å². The van der Waals surface area contributed by atoms with Crippen LogP contribution in [0.1, 0.15) is 34.8 Å². The third kappa shape index (κ3) is 5.02. The highest BCUT2D eigenvalue weighted by Crippen LogP contribution is 2.39. The predicted octanol–water partition coefficient (Wildman–Crippen LogP) is 2.93. The first-order chi connectivity index (χ1) is 16.6. The molecule has 2 unspecified atom stereocenters. The Morgan fingerprint density at radius 1 is 1.11 bits per heavy atom. The number of nitrogens with zero attached hydrogens (tertiary/aromatic N) is 1. The number of carbonyl (C=O) groups excluding carboxylic acids is 2. The minimum absolute atomic E-state index is 0.178. The van der Waals surface area contributed by atoms with Crippen molar-refractivity contribution in [3.05, 3.63) is 65.2 Å². The highest BCUT2D eigenvalue weighted by Gasteiger charge is 2.45. The van der Waals surface area contributed by atoms with Gasteiger partial charge < -0.3 is 15.7 Å². The number of carbonyl (C=O) groups is 3. The van der Waals surface area contributed by atoms with Crippen LogP contribution in [-0.4, -0.2) is 53.7 Å². The molecular formula is C25H26F3N3O4. The maximum absolute atomic E-state index is 13.6. The van der Waals surface area contributed by atoms with E-state index in [0.717, 1.165) is 18.1 Å². The number of aliphatic carboxylic acids is 1. The number of amides is 2. The molecule has 2 aromatic rings. The van der Waals surface area contributed by atoms with Crippen LogP contribution in [0.3, 0.4) is 0 Å². The van der Waals surface area contributed by atoms with Crippen molar-refractivity contribution in [2.75, 3.05) is 11.4 Å². The first-order valence-electron chi connectivity index (χ1n) is 11.4. The average Bonchev–Trinajstić information content (AvgIpc) is 3.16. The van der Waals surface area contributed by atoms with Gasteiger partial charge in [-0.2, -0.15) is 13.2 Å². The normalized spacial score (nSPS) is 21.1. The van der Waals surface area contributed by atoms with Gasteiger partial charge in [0.25, 0.3) is 5.91 Å². The van der Waals surface area contributed by atoms with Crippen molar-refractivity contribution in [2.24, 2.45) is 5.92 Å². The zero-order chi connectivity index (χ0) is 25.3. The Hall–Kier alpha value is -3.40. The van der Waals surface area contributed by atoms with Crippen molar-refractivity contribution < 1.29 is 32.7 Å². The number of benzene rings is 2. The molecule has 2 amide bonds. The lowest BCUT2D eigenvalue weighted by Gasteiger charge is -2.30. The molecule has 10 heteroatoms. The van der Waals surface area contributed by atoms with Gasteiger partial charge in [0.1, 0.15) is 6.04 Å². The van der Waals surface area contributed by atoms with Gasteiger partial charge in [-0.15, -0.1) is 0 Å².